The van der Waals surface area contributed by atoms with Crippen molar-refractivity contribution in [2.24, 2.45) is 23.7 Å². The Morgan fingerprint density at radius 2 is 1.46 bits per heavy atom. The molecule has 2 saturated carbocycles. The fraction of sp³-hybridized carbons (Fsp3) is 0.636. The molecule has 0 amide bonds. The summed E-state index contributed by atoms with van der Waals surface area (Å²) in [4.78, 5) is 0. The molecule has 0 spiro atoms. The molecule has 0 bridgehead atoms. The van der Waals surface area contributed by atoms with Crippen molar-refractivity contribution in [1.29, 1.82) is 0 Å². The molecule has 26 heavy (non-hydrogen) atoms. The molecule has 0 aliphatic heterocycles. The summed E-state index contributed by atoms with van der Waals surface area (Å²) >= 11 is 5.69. The van der Waals surface area contributed by atoms with E-state index in [-0.39, 0.29) is 0 Å². The highest BCUT2D eigenvalue weighted by molar-refractivity contribution is 6.25. The van der Waals surface area contributed by atoms with Crippen molar-refractivity contribution in [3.8, 4) is 0 Å². The molecule has 0 nitrogen and oxygen atoms in total. The molecule has 0 unspecified atom stereocenters. The lowest BCUT2D eigenvalue weighted by atomic mass is 9.68. The van der Waals surface area contributed by atoms with Gasteiger partial charge in [0.1, 0.15) is 0 Å². The van der Waals surface area contributed by atoms with Crippen LogP contribution in [0.2, 0.25) is 0 Å². The number of allylic oxidation sites excluding steroid dienone is 1. The third kappa shape index (κ3) is 4.85. The third-order valence-electron chi connectivity index (χ3n) is 6.66. The Bertz CT molecular complexity index is 612. The number of hydrogen-bond donors (Lipinski definition) is 0. The lowest BCUT2D eigenvalue weighted by Gasteiger charge is -2.37. The van der Waals surface area contributed by atoms with Crippen LogP contribution >= 0.6 is 11.6 Å². The molecule has 0 radical (unpaired) electrons. The van der Waals surface area contributed by atoms with Crippen LogP contribution in [0.3, 0.4) is 0 Å². The van der Waals surface area contributed by atoms with Gasteiger partial charge in [-0.1, -0.05) is 36.6 Å². The van der Waals surface area contributed by atoms with Gasteiger partial charge in [-0.3, -0.25) is 0 Å². The summed E-state index contributed by atoms with van der Waals surface area (Å²) in [6, 6.07) is 2.41. The smallest absolute Gasteiger partial charge is 0.194 e. The summed E-state index contributed by atoms with van der Waals surface area (Å²) in [6.45, 7) is 0. The van der Waals surface area contributed by atoms with E-state index in [4.69, 9.17) is 11.6 Å². The summed E-state index contributed by atoms with van der Waals surface area (Å²) in [7, 11) is 0. The second-order valence-corrected chi connectivity index (χ2v) is 8.40. The van der Waals surface area contributed by atoms with Gasteiger partial charge in [-0.2, -0.15) is 0 Å². The van der Waals surface area contributed by atoms with E-state index in [2.05, 4.69) is 6.08 Å². The van der Waals surface area contributed by atoms with Crippen molar-refractivity contribution in [3.63, 3.8) is 0 Å². The van der Waals surface area contributed by atoms with Gasteiger partial charge < -0.3 is 0 Å². The second kappa shape index (κ2) is 9.30. The van der Waals surface area contributed by atoms with Gasteiger partial charge in [0.2, 0.25) is 0 Å². The van der Waals surface area contributed by atoms with E-state index in [1.54, 1.807) is 5.54 Å². The normalized spacial score (nSPS) is 30.0. The molecule has 2 aliphatic rings. The van der Waals surface area contributed by atoms with Crippen LogP contribution < -0.4 is 0 Å². The van der Waals surface area contributed by atoms with E-state index in [0.717, 1.165) is 24.3 Å². The van der Waals surface area contributed by atoms with Gasteiger partial charge in [-0.25, -0.2) is 13.2 Å². The van der Waals surface area contributed by atoms with E-state index >= 15 is 0 Å². The van der Waals surface area contributed by atoms with Crippen LogP contribution in [0.25, 0.3) is 0 Å². The number of aryl methyl sites for hydroxylation is 1. The standard InChI is InChI=1S/C22H28ClF3/c23-14-13-16-3-8-18(9-4-16)17-6-1-15(2-7-17)5-10-19-11-12-20(24)22(26)21(19)25/h11-18H,1-10H2/b14-13+. The van der Waals surface area contributed by atoms with Crippen molar-refractivity contribution in [3.05, 3.63) is 46.8 Å². The first-order valence-electron chi connectivity index (χ1n) is 9.97. The zero-order chi connectivity index (χ0) is 18.5. The Balaban J connectivity index is 1.42. The highest BCUT2D eigenvalue weighted by atomic mass is 35.5. The van der Waals surface area contributed by atoms with E-state index in [1.165, 1.54) is 57.4 Å². The maximum Gasteiger partial charge on any atom is 0.194 e. The Morgan fingerprint density at radius 3 is 2.08 bits per heavy atom. The predicted octanol–water partition coefficient (Wildman–Crippen LogP) is 7.40. The van der Waals surface area contributed by atoms with Crippen molar-refractivity contribution in [1.82, 2.24) is 0 Å². The minimum absolute atomic E-state index is 0.302. The van der Waals surface area contributed by atoms with Crippen molar-refractivity contribution in [2.75, 3.05) is 0 Å². The van der Waals surface area contributed by atoms with Crippen LogP contribution in [0.15, 0.2) is 23.7 Å². The fourth-order valence-corrected chi connectivity index (χ4v) is 5.18. The van der Waals surface area contributed by atoms with Gasteiger partial charge in [-0.05, 0) is 86.7 Å². The molecule has 0 N–H and O–H groups in total. The van der Waals surface area contributed by atoms with Crippen LogP contribution in [-0.4, -0.2) is 0 Å². The molecule has 0 aromatic heterocycles. The van der Waals surface area contributed by atoms with Crippen LogP contribution in [0.1, 0.15) is 63.4 Å². The molecule has 2 fully saturated rings. The van der Waals surface area contributed by atoms with Crippen molar-refractivity contribution < 1.29 is 13.2 Å². The third-order valence-corrected chi connectivity index (χ3v) is 6.80. The Kier molecular flexibility index (Phi) is 7.08. The fourth-order valence-electron chi connectivity index (χ4n) is 4.98. The molecule has 0 atom stereocenters. The van der Waals surface area contributed by atoms with E-state index in [9.17, 15) is 13.2 Å². The zero-order valence-electron chi connectivity index (χ0n) is 15.2. The first-order valence-corrected chi connectivity index (χ1v) is 10.4. The molecule has 2 aliphatic carbocycles. The number of hydrogen-bond acceptors (Lipinski definition) is 0. The summed E-state index contributed by atoms with van der Waals surface area (Å²) in [5.74, 6) is -0.553. The lowest BCUT2D eigenvalue weighted by Crippen LogP contribution is -2.25. The van der Waals surface area contributed by atoms with Gasteiger partial charge in [0, 0.05) is 5.54 Å². The molecule has 144 valence electrons. The molecule has 3 rings (SSSR count). The summed E-state index contributed by atoms with van der Waals surface area (Å²) in [5, 5.41) is 0. The summed E-state index contributed by atoms with van der Waals surface area (Å²) in [6.07, 6.45) is 13.5. The maximum atomic E-state index is 13.8. The predicted molar refractivity (Wildman–Crippen MR) is 101 cm³/mol. The molecule has 1 aromatic rings. The van der Waals surface area contributed by atoms with E-state index in [1.807, 2.05) is 0 Å². The van der Waals surface area contributed by atoms with Gasteiger partial charge in [0.25, 0.3) is 0 Å². The lowest BCUT2D eigenvalue weighted by molar-refractivity contribution is 0.152. The van der Waals surface area contributed by atoms with Crippen molar-refractivity contribution in [2.45, 2.75) is 64.2 Å². The first kappa shape index (κ1) is 19.8. The molecule has 4 heteroatoms. The maximum absolute atomic E-state index is 13.8. The Hall–Kier alpha value is -0.960. The van der Waals surface area contributed by atoms with Crippen LogP contribution in [-0.2, 0) is 6.42 Å². The molecular weight excluding hydrogens is 357 g/mol. The van der Waals surface area contributed by atoms with Crippen LogP contribution in [0, 0.1) is 41.1 Å². The first-order chi connectivity index (χ1) is 12.6. The number of halogens is 4. The summed E-state index contributed by atoms with van der Waals surface area (Å²) in [5.41, 5.74) is 1.96. The van der Waals surface area contributed by atoms with E-state index in [0.29, 0.717) is 23.8 Å². The Morgan fingerprint density at radius 1 is 0.846 bits per heavy atom. The van der Waals surface area contributed by atoms with Gasteiger partial charge in [-0.15, -0.1) is 0 Å². The van der Waals surface area contributed by atoms with Gasteiger partial charge in [0.05, 0.1) is 0 Å². The summed E-state index contributed by atoms with van der Waals surface area (Å²) < 4.78 is 40.1. The Labute approximate surface area is 159 Å². The monoisotopic (exact) mass is 384 g/mol. The number of benzene rings is 1. The minimum atomic E-state index is -1.34. The SMILES string of the molecule is Fc1ccc(CCC2CCC(C3CCC(/C=C/Cl)CC3)CC2)c(F)c1F. The topological polar surface area (TPSA) is 0 Å². The highest BCUT2D eigenvalue weighted by Crippen LogP contribution is 2.42. The average molecular weight is 385 g/mol. The minimum Gasteiger partial charge on any atom is -0.204 e. The van der Waals surface area contributed by atoms with Gasteiger partial charge >= 0.3 is 0 Å². The van der Waals surface area contributed by atoms with Crippen molar-refractivity contribution >= 4 is 11.6 Å². The van der Waals surface area contributed by atoms with Crippen LogP contribution in [0.4, 0.5) is 13.2 Å². The molecule has 1 aromatic carbocycles. The molecular formula is C22H28ClF3. The molecule has 0 saturated heterocycles. The largest absolute Gasteiger partial charge is 0.204 e. The van der Waals surface area contributed by atoms with E-state index < -0.39 is 17.5 Å². The molecule has 0 heterocycles. The highest BCUT2D eigenvalue weighted by Gasteiger charge is 2.30. The van der Waals surface area contributed by atoms with Crippen LogP contribution in [0.5, 0.6) is 0 Å². The quantitative estimate of drug-likeness (QED) is 0.464. The zero-order valence-corrected chi connectivity index (χ0v) is 16.0. The second-order valence-electron chi connectivity index (χ2n) is 8.15. The number of rotatable bonds is 5. The van der Waals surface area contributed by atoms with Gasteiger partial charge in [0.15, 0.2) is 17.5 Å². The average Bonchev–Trinajstić information content (AvgIpc) is 2.67.